The molecule has 0 saturated heterocycles. The van der Waals surface area contributed by atoms with Crippen LogP contribution in [0.15, 0.2) is 23.0 Å². The number of fused-ring (bicyclic) bond motifs is 1. The highest BCUT2D eigenvalue weighted by Crippen LogP contribution is 2.20. The summed E-state index contributed by atoms with van der Waals surface area (Å²) >= 11 is 0. The molecule has 15 heavy (non-hydrogen) atoms. The average molecular weight is 204 g/mol. The zero-order chi connectivity index (χ0) is 11.0. The van der Waals surface area contributed by atoms with Gasteiger partial charge in [-0.1, -0.05) is 11.6 Å². The summed E-state index contributed by atoms with van der Waals surface area (Å²) in [5.74, 6) is 0.482. The van der Waals surface area contributed by atoms with E-state index in [1.165, 1.54) is 4.68 Å². The molecule has 2 aromatic rings. The van der Waals surface area contributed by atoms with Crippen LogP contribution in [0.3, 0.4) is 0 Å². The van der Waals surface area contributed by atoms with Gasteiger partial charge in [-0.05, 0) is 19.1 Å². The molecular formula is C11H12N2O2. The van der Waals surface area contributed by atoms with Crippen molar-refractivity contribution in [3.63, 3.8) is 0 Å². The Hall–Kier alpha value is -1.84. The number of benzene rings is 1. The number of rotatable bonds is 1. The predicted molar refractivity (Wildman–Crippen MR) is 58.3 cm³/mol. The van der Waals surface area contributed by atoms with Crippen molar-refractivity contribution in [3.05, 3.63) is 34.1 Å². The van der Waals surface area contributed by atoms with E-state index in [1.54, 1.807) is 20.2 Å². The molecule has 0 amide bonds. The molecule has 0 N–H and O–H groups in total. The molecule has 1 aromatic heterocycles. The molecule has 0 saturated carbocycles. The molecule has 0 aliphatic rings. The fourth-order valence-corrected chi connectivity index (χ4v) is 1.58. The van der Waals surface area contributed by atoms with Crippen molar-refractivity contribution in [1.82, 2.24) is 9.78 Å². The summed E-state index contributed by atoms with van der Waals surface area (Å²) in [7, 11) is 3.17. The lowest BCUT2D eigenvalue weighted by Crippen LogP contribution is -2.20. The molecule has 0 fully saturated rings. The van der Waals surface area contributed by atoms with Gasteiger partial charge < -0.3 is 4.74 Å². The van der Waals surface area contributed by atoms with Crippen LogP contribution >= 0.6 is 0 Å². The number of ether oxygens (including phenoxy) is 1. The van der Waals surface area contributed by atoms with Crippen molar-refractivity contribution in [2.45, 2.75) is 6.92 Å². The van der Waals surface area contributed by atoms with Gasteiger partial charge in [0.1, 0.15) is 0 Å². The largest absolute Gasteiger partial charge is 0.480 e. The van der Waals surface area contributed by atoms with Crippen LogP contribution in [-0.2, 0) is 7.05 Å². The minimum atomic E-state index is -0.106. The number of hydrogen-bond acceptors (Lipinski definition) is 3. The van der Waals surface area contributed by atoms with Gasteiger partial charge in [-0.2, -0.15) is 0 Å². The highest BCUT2D eigenvalue weighted by molar-refractivity contribution is 5.86. The van der Waals surface area contributed by atoms with E-state index < -0.39 is 0 Å². The molecule has 0 spiro atoms. The number of aromatic nitrogens is 2. The summed E-state index contributed by atoms with van der Waals surface area (Å²) in [6.07, 6.45) is 0. The normalized spacial score (nSPS) is 10.6. The van der Waals surface area contributed by atoms with Crippen LogP contribution in [0.4, 0.5) is 0 Å². The number of methoxy groups -OCH3 is 1. The zero-order valence-electron chi connectivity index (χ0n) is 8.94. The molecule has 0 aliphatic heterocycles. The van der Waals surface area contributed by atoms with Crippen LogP contribution < -0.4 is 10.3 Å². The van der Waals surface area contributed by atoms with Gasteiger partial charge in [-0.25, -0.2) is 4.68 Å². The minimum Gasteiger partial charge on any atom is -0.480 e. The molecule has 0 radical (unpaired) electrons. The number of aryl methyl sites for hydroxylation is 2. The molecule has 0 atom stereocenters. The van der Waals surface area contributed by atoms with Crippen LogP contribution in [0.25, 0.3) is 10.8 Å². The lowest BCUT2D eigenvalue weighted by atomic mass is 10.1. The fourth-order valence-electron chi connectivity index (χ4n) is 1.58. The summed E-state index contributed by atoms with van der Waals surface area (Å²) in [5.41, 5.74) is 0.974. The van der Waals surface area contributed by atoms with Gasteiger partial charge in [0.25, 0.3) is 5.56 Å². The van der Waals surface area contributed by atoms with E-state index in [0.717, 1.165) is 10.9 Å². The lowest BCUT2D eigenvalue weighted by molar-refractivity contribution is 0.388. The highest BCUT2D eigenvalue weighted by atomic mass is 16.5. The van der Waals surface area contributed by atoms with Crippen molar-refractivity contribution >= 4 is 10.8 Å². The Kier molecular flexibility index (Phi) is 2.19. The standard InChI is InChI=1S/C11H12N2O2/c1-7-4-5-8-9(6-7)10(15-3)12-13(2)11(8)14/h4-6H,1-3H3. The summed E-state index contributed by atoms with van der Waals surface area (Å²) in [4.78, 5) is 11.8. The quantitative estimate of drug-likeness (QED) is 0.702. The first-order valence-corrected chi connectivity index (χ1v) is 4.65. The second-order valence-electron chi connectivity index (χ2n) is 3.49. The van der Waals surface area contributed by atoms with Crippen molar-refractivity contribution in [2.75, 3.05) is 7.11 Å². The minimum absolute atomic E-state index is 0.106. The maximum absolute atomic E-state index is 11.8. The third-order valence-corrected chi connectivity index (χ3v) is 2.36. The molecule has 1 heterocycles. The Morgan fingerprint density at radius 3 is 2.73 bits per heavy atom. The summed E-state index contributed by atoms with van der Waals surface area (Å²) in [6, 6.07) is 5.61. The van der Waals surface area contributed by atoms with Gasteiger partial charge in [-0.15, -0.1) is 5.10 Å². The molecule has 0 bridgehead atoms. The SMILES string of the molecule is COc1nn(C)c(=O)c2ccc(C)cc12. The van der Waals surface area contributed by atoms with E-state index in [4.69, 9.17) is 4.74 Å². The van der Waals surface area contributed by atoms with Crippen molar-refractivity contribution in [1.29, 1.82) is 0 Å². The topological polar surface area (TPSA) is 44.1 Å². The first-order valence-electron chi connectivity index (χ1n) is 4.65. The third kappa shape index (κ3) is 1.48. The van der Waals surface area contributed by atoms with E-state index in [9.17, 15) is 4.79 Å². The van der Waals surface area contributed by atoms with Gasteiger partial charge in [0.15, 0.2) is 0 Å². The maximum Gasteiger partial charge on any atom is 0.274 e. The van der Waals surface area contributed by atoms with Gasteiger partial charge in [0.05, 0.1) is 17.9 Å². The summed E-state index contributed by atoms with van der Waals surface area (Å²) in [6.45, 7) is 1.97. The van der Waals surface area contributed by atoms with Crippen LogP contribution in [0.2, 0.25) is 0 Å². The number of hydrogen-bond donors (Lipinski definition) is 0. The Labute approximate surface area is 87.1 Å². The van der Waals surface area contributed by atoms with Gasteiger partial charge in [0.2, 0.25) is 5.88 Å². The second-order valence-corrected chi connectivity index (χ2v) is 3.49. The highest BCUT2D eigenvalue weighted by Gasteiger charge is 2.08. The maximum atomic E-state index is 11.8. The third-order valence-electron chi connectivity index (χ3n) is 2.36. The van der Waals surface area contributed by atoms with Crippen molar-refractivity contribution in [3.8, 4) is 5.88 Å². The molecule has 4 nitrogen and oxygen atoms in total. The predicted octanol–water partition coefficient (Wildman–Crippen LogP) is 1.25. The van der Waals surface area contributed by atoms with E-state index in [2.05, 4.69) is 5.10 Å². The van der Waals surface area contributed by atoms with E-state index in [0.29, 0.717) is 11.3 Å². The van der Waals surface area contributed by atoms with Gasteiger partial charge >= 0.3 is 0 Å². The smallest absolute Gasteiger partial charge is 0.274 e. The van der Waals surface area contributed by atoms with E-state index >= 15 is 0 Å². The van der Waals surface area contributed by atoms with Gasteiger partial charge in [-0.3, -0.25) is 4.79 Å². The molecule has 1 aromatic carbocycles. The van der Waals surface area contributed by atoms with Crippen LogP contribution in [0.1, 0.15) is 5.56 Å². The summed E-state index contributed by atoms with van der Waals surface area (Å²) in [5, 5.41) is 5.44. The second kappa shape index (κ2) is 3.38. The monoisotopic (exact) mass is 204 g/mol. The van der Waals surface area contributed by atoms with Crippen molar-refractivity contribution < 1.29 is 4.74 Å². The van der Waals surface area contributed by atoms with Crippen LogP contribution in [0, 0.1) is 6.92 Å². The first kappa shape index (κ1) is 9.71. The molecular weight excluding hydrogens is 192 g/mol. The average Bonchev–Trinajstić information content (AvgIpc) is 2.23. The molecule has 0 aliphatic carbocycles. The number of nitrogens with zero attached hydrogens (tertiary/aromatic N) is 2. The van der Waals surface area contributed by atoms with Crippen LogP contribution in [0.5, 0.6) is 5.88 Å². The zero-order valence-corrected chi connectivity index (χ0v) is 8.94. The Balaban J connectivity index is 2.96. The Morgan fingerprint density at radius 2 is 2.07 bits per heavy atom. The van der Waals surface area contributed by atoms with E-state index in [-0.39, 0.29) is 5.56 Å². The molecule has 2 rings (SSSR count). The Bertz CT molecular complexity index is 573. The van der Waals surface area contributed by atoms with Crippen LogP contribution in [-0.4, -0.2) is 16.9 Å². The lowest BCUT2D eigenvalue weighted by Gasteiger charge is -2.06. The first-order chi connectivity index (χ1) is 7.13. The van der Waals surface area contributed by atoms with Crippen molar-refractivity contribution in [2.24, 2.45) is 7.05 Å². The molecule has 4 heteroatoms. The molecule has 0 unspecified atom stereocenters. The Morgan fingerprint density at radius 1 is 1.33 bits per heavy atom. The van der Waals surface area contributed by atoms with Gasteiger partial charge in [0, 0.05) is 7.05 Å². The summed E-state index contributed by atoms with van der Waals surface area (Å²) < 4.78 is 6.44. The fraction of sp³-hybridized carbons (Fsp3) is 0.273. The molecule has 78 valence electrons. The van der Waals surface area contributed by atoms with E-state index in [1.807, 2.05) is 19.1 Å².